The van der Waals surface area contributed by atoms with Gasteiger partial charge in [-0.1, -0.05) is 32.1 Å². The zero-order chi connectivity index (χ0) is 15.7. The summed E-state index contributed by atoms with van der Waals surface area (Å²) in [7, 11) is 0. The van der Waals surface area contributed by atoms with E-state index in [1.54, 1.807) is 0 Å². The minimum Gasteiger partial charge on any atom is -0.395 e. The minimum absolute atomic E-state index is 0.0741. The Kier molecular flexibility index (Phi) is 7.56. The van der Waals surface area contributed by atoms with Gasteiger partial charge in [-0.3, -0.25) is 4.79 Å². The van der Waals surface area contributed by atoms with Crippen LogP contribution in [0.1, 0.15) is 49.5 Å². The number of benzene rings is 1. The smallest absolute Gasteiger partial charge is 0.253 e. The van der Waals surface area contributed by atoms with Crippen LogP contribution in [-0.2, 0) is 0 Å². The van der Waals surface area contributed by atoms with Crippen molar-refractivity contribution in [3.8, 4) is 11.8 Å². The first-order valence-corrected chi connectivity index (χ1v) is 7.61. The van der Waals surface area contributed by atoms with E-state index in [-0.39, 0.29) is 12.5 Å². The number of carbonyl (C=O) groups is 1. The van der Waals surface area contributed by atoms with Gasteiger partial charge in [0.1, 0.15) is 0 Å². The van der Waals surface area contributed by atoms with Gasteiger partial charge in [0, 0.05) is 30.6 Å². The normalized spacial score (nSPS) is 11.4. The van der Waals surface area contributed by atoms with Crippen molar-refractivity contribution in [1.82, 2.24) is 4.90 Å². The molecule has 0 aromatic heterocycles. The van der Waals surface area contributed by atoms with Crippen molar-refractivity contribution in [3.05, 3.63) is 35.4 Å². The van der Waals surface area contributed by atoms with Crippen LogP contribution in [-0.4, -0.2) is 35.6 Å². The van der Waals surface area contributed by atoms with Crippen LogP contribution in [0.2, 0.25) is 0 Å². The maximum atomic E-state index is 12.5. The number of aliphatic hydroxyl groups excluding tert-OH is 1. The molecule has 21 heavy (non-hydrogen) atoms. The number of nitrogens with zero attached hydrogens (tertiary/aromatic N) is 1. The summed E-state index contributed by atoms with van der Waals surface area (Å²) in [5.41, 5.74) is 1.57. The fourth-order valence-corrected chi connectivity index (χ4v) is 1.96. The molecular weight excluding hydrogens is 262 g/mol. The SMILES string of the molecule is CCC(C)CN(CC)C(=O)c1ccc(C#CCCO)cc1. The second-order valence-electron chi connectivity index (χ2n) is 5.21. The average Bonchev–Trinajstić information content (AvgIpc) is 2.52. The standard InChI is InChI=1S/C18H25NO2/c1-4-15(3)14-19(5-2)18(21)17-11-9-16(10-12-17)8-6-7-13-20/h9-12,15,20H,4-5,7,13-14H2,1-3H3. The van der Waals surface area contributed by atoms with Crippen LogP contribution in [0.3, 0.4) is 0 Å². The summed E-state index contributed by atoms with van der Waals surface area (Å²) in [6.45, 7) is 7.91. The molecule has 0 spiro atoms. The fourth-order valence-electron chi connectivity index (χ4n) is 1.96. The highest BCUT2D eigenvalue weighted by atomic mass is 16.2. The molecule has 1 aromatic carbocycles. The summed E-state index contributed by atoms with van der Waals surface area (Å²) in [6, 6.07) is 7.36. The van der Waals surface area contributed by atoms with Crippen molar-refractivity contribution in [3.63, 3.8) is 0 Å². The lowest BCUT2D eigenvalue weighted by Crippen LogP contribution is -2.34. The lowest BCUT2D eigenvalue weighted by Gasteiger charge is -2.24. The monoisotopic (exact) mass is 287 g/mol. The summed E-state index contributed by atoms with van der Waals surface area (Å²) >= 11 is 0. The molecule has 1 amide bonds. The third kappa shape index (κ3) is 5.61. The second-order valence-corrected chi connectivity index (χ2v) is 5.21. The summed E-state index contributed by atoms with van der Waals surface area (Å²) in [4.78, 5) is 14.3. The molecule has 3 heteroatoms. The van der Waals surface area contributed by atoms with E-state index in [2.05, 4.69) is 25.7 Å². The van der Waals surface area contributed by atoms with E-state index in [9.17, 15) is 4.79 Å². The van der Waals surface area contributed by atoms with Gasteiger partial charge in [0.05, 0.1) is 6.61 Å². The van der Waals surface area contributed by atoms with Gasteiger partial charge in [-0.25, -0.2) is 0 Å². The maximum absolute atomic E-state index is 12.5. The molecule has 0 fully saturated rings. The number of hydrogen-bond acceptors (Lipinski definition) is 2. The highest BCUT2D eigenvalue weighted by Gasteiger charge is 2.15. The first kappa shape index (κ1) is 17.3. The molecule has 0 aliphatic heterocycles. The summed E-state index contributed by atoms with van der Waals surface area (Å²) < 4.78 is 0. The average molecular weight is 287 g/mol. The number of aliphatic hydroxyl groups is 1. The molecule has 1 atom stereocenters. The summed E-state index contributed by atoms with van der Waals surface area (Å²) in [5.74, 6) is 6.42. The third-order valence-corrected chi connectivity index (χ3v) is 3.50. The Morgan fingerprint density at radius 2 is 1.95 bits per heavy atom. The van der Waals surface area contributed by atoms with Gasteiger partial charge in [-0.2, -0.15) is 0 Å². The predicted octanol–water partition coefficient (Wildman–Crippen LogP) is 2.93. The van der Waals surface area contributed by atoms with Crippen LogP contribution in [0.15, 0.2) is 24.3 Å². The second kappa shape index (κ2) is 9.20. The molecule has 114 valence electrons. The van der Waals surface area contributed by atoms with Crippen molar-refractivity contribution >= 4 is 5.91 Å². The van der Waals surface area contributed by atoms with Gasteiger partial charge >= 0.3 is 0 Å². The topological polar surface area (TPSA) is 40.5 Å². The molecule has 0 aliphatic rings. The Hall–Kier alpha value is -1.79. The molecule has 0 heterocycles. The van der Waals surface area contributed by atoms with Crippen LogP contribution >= 0.6 is 0 Å². The van der Waals surface area contributed by atoms with Crippen molar-refractivity contribution < 1.29 is 9.90 Å². The first-order valence-electron chi connectivity index (χ1n) is 7.61. The molecule has 1 unspecified atom stereocenters. The van der Waals surface area contributed by atoms with Gasteiger partial charge in [-0.15, -0.1) is 0 Å². The van der Waals surface area contributed by atoms with E-state index in [1.165, 1.54) is 0 Å². The number of carbonyl (C=O) groups excluding carboxylic acids is 1. The van der Waals surface area contributed by atoms with Gasteiger partial charge in [0.2, 0.25) is 0 Å². The number of hydrogen-bond donors (Lipinski definition) is 1. The summed E-state index contributed by atoms with van der Waals surface area (Å²) in [6.07, 6.45) is 1.54. The fraction of sp³-hybridized carbons (Fsp3) is 0.500. The molecule has 3 nitrogen and oxygen atoms in total. The van der Waals surface area contributed by atoms with Crippen LogP contribution in [0.25, 0.3) is 0 Å². The van der Waals surface area contributed by atoms with Gasteiger partial charge in [0.15, 0.2) is 0 Å². The number of amides is 1. The Balaban J connectivity index is 2.76. The van der Waals surface area contributed by atoms with Gasteiger partial charge in [-0.05, 0) is 37.1 Å². The number of rotatable bonds is 6. The van der Waals surface area contributed by atoms with Crippen LogP contribution < -0.4 is 0 Å². The lowest BCUT2D eigenvalue weighted by atomic mass is 10.1. The molecule has 0 saturated carbocycles. The Morgan fingerprint density at radius 3 is 2.48 bits per heavy atom. The van der Waals surface area contributed by atoms with Crippen LogP contribution in [0.5, 0.6) is 0 Å². The quantitative estimate of drug-likeness (QED) is 0.817. The maximum Gasteiger partial charge on any atom is 0.253 e. The minimum atomic E-state index is 0.0741. The Bertz CT molecular complexity index is 496. The highest BCUT2D eigenvalue weighted by molar-refractivity contribution is 5.94. The van der Waals surface area contributed by atoms with E-state index >= 15 is 0 Å². The van der Waals surface area contributed by atoms with E-state index < -0.39 is 0 Å². The van der Waals surface area contributed by atoms with Gasteiger partial charge < -0.3 is 10.0 Å². The Morgan fingerprint density at radius 1 is 1.29 bits per heavy atom. The summed E-state index contributed by atoms with van der Waals surface area (Å²) in [5, 5.41) is 8.69. The van der Waals surface area contributed by atoms with Gasteiger partial charge in [0.25, 0.3) is 5.91 Å². The highest BCUT2D eigenvalue weighted by Crippen LogP contribution is 2.11. The van der Waals surface area contributed by atoms with Crippen LogP contribution in [0.4, 0.5) is 0 Å². The van der Waals surface area contributed by atoms with Crippen molar-refractivity contribution in [2.75, 3.05) is 19.7 Å². The molecule has 1 N–H and O–H groups in total. The third-order valence-electron chi connectivity index (χ3n) is 3.50. The molecule has 1 aromatic rings. The lowest BCUT2D eigenvalue weighted by molar-refractivity contribution is 0.0741. The molecule has 0 radical (unpaired) electrons. The van der Waals surface area contributed by atoms with Crippen molar-refractivity contribution in [1.29, 1.82) is 0 Å². The van der Waals surface area contributed by atoms with Crippen molar-refractivity contribution in [2.45, 2.75) is 33.6 Å². The molecular formula is C18H25NO2. The molecule has 0 aliphatic carbocycles. The van der Waals surface area contributed by atoms with E-state index in [1.807, 2.05) is 36.1 Å². The predicted molar refractivity (Wildman–Crippen MR) is 86.1 cm³/mol. The van der Waals surface area contributed by atoms with Crippen LogP contribution in [0, 0.1) is 17.8 Å². The zero-order valence-electron chi connectivity index (χ0n) is 13.2. The largest absolute Gasteiger partial charge is 0.395 e. The molecule has 1 rings (SSSR count). The zero-order valence-corrected chi connectivity index (χ0v) is 13.2. The first-order chi connectivity index (χ1) is 10.1. The van der Waals surface area contributed by atoms with E-state index in [4.69, 9.17) is 5.11 Å². The Labute approximate surface area is 128 Å². The van der Waals surface area contributed by atoms with E-state index in [0.29, 0.717) is 17.9 Å². The van der Waals surface area contributed by atoms with Crippen molar-refractivity contribution in [2.24, 2.45) is 5.92 Å². The van der Waals surface area contributed by atoms with E-state index in [0.717, 1.165) is 25.1 Å². The molecule has 0 saturated heterocycles. The molecule has 0 bridgehead atoms.